The topological polar surface area (TPSA) is 66.4 Å². The van der Waals surface area contributed by atoms with E-state index in [0.717, 1.165) is 0 Å². The molecule has 0 atom stereocenters. The molecule has 2 aromatic carbocycles. The molecule has 0 radical (unpaired) electrons. The van der Waals surface area contributed by atoms with Gasteiger partial charge in [-0.05, 0) is 42.5 Å². The summed E-state index contributed by atoms with van der Waals surface area (Å²) in [5, 5.41) is 9.27. The Bertz CT molecular complexity index is 701. The van der Waals surface area contributed by atoms with Gasteiger partial charge in [-0.25, -0.2) is 8.42 Å². The predicted octanol–water partition coefficient (Wildman–Crippen LogP) is 3.61. The number of sulfonamides is 1. The molecule has 0 saturated heterocycles. The summed E-state index contributed by atoms with van der Waals surface area (Å²) in [6.45, 7) is 0. The Morgan fingerprint density at radius 1 is 1.11 bits per heavy atom. The molecule has 0 saturated carbocycles. The molecule has 0 fully saturated rings. The molecular formula is C12H9BrClNO3S. The first kappa shape index (κ1) is 14.2. The Kier molecular flexibility index (Phi) is 4.03. The van der Waals surface area contributed by atoms with Crippen molar-refractivity contribution in [3.8, 4) is 5.75 Å². The van der Waals surface area contributed by atoms with E-state index in [1.54, 1.807) is 6.07 Å². The Balaban J connectivity index is 2.35. The van der Waals surface area contributed by atoms with E-state index in [1.165, 1.54) is 36.4 Å². The lowest BCUT2D eigenvalue weighted by Gasteiger charge is -2.09. The van der Waals surface area contributed by atoms with Gasteiger partial charge in [-0.3, -0.25) is 4.72 Å². The number of phenolic OH excluding ortho intramolecular Hbond substituents is 1. The number of aromatic hydroxyl groups is 1. The minimum absolute atomic E-state index is 0.00885. The summed E-state index contributed by atoms with van der Waals surface area (Å²) < 4.78 is 27.4. The second-order valence-electron chi connectivity index (χ2n) is 3.73. The molecule has 0 amide bonds. The summed E-state index contributed by atoms with van der Waals surface area (Å²) in [5.74, 6) is 0.0598. The van der Waals surface area contributed by atoms with E-state index in [2.05, 4.69) is 20.7 Å². The fraction of sp³-hybridized carbons (Fsp3) is 0. The van der Waals surface area contributed by atoms with E-state index in [1.807, 2.05) is 0 Å². The lowest BCUT2D eigenvalue weighted by Crippen LogP contribution is -2.13. The van der Waals surface area contributed by atoms with Crippen LogP contribution < -0.4 is 4.72 Å². The number of benzene rings is 2. The number of halogens is 2. The second kappa shape index (κ2) is 5.40. The normalized spacial score (nSPS) is 11.3. The average molecular weight is 363 g/mol. The van der Waals surface area contributed by atoms with E-state index < -0.39 is 10.0 Å². The molecule has 2 aromatic rings. The van der Waals surface area contributed by atoms with Gasteiger partial charge in [-0.2, -0.15) is 0 Å². The smallest absolute Gasteiger partial charge is 0.263 e. The number of nitrogens with one attached hydrogen (secondary N) is 1. The lowest BCUT2D eigenvalue weighted by atomic mass is 10.3. The minimum Gasteiger partial charge on any atom is -0.508 e. The van der Waals surface area contributed by atoms with E-state index >= 15 is 0 Å². The summed E-state index contributed by atoms with van der Waals surface area (Å²) in [6, 6.07) is 10.2. The molecule has 0 unspecified atom stereocenters. The molecule has 0 aliphatic heterocycles. The van der Waals surface area contributed by atoms with E-state index in [0.29, 0.717) is 10.2 Å². The minimum atomic E-state index is -3.76. The van der Waals surface area contributed by atoms with Crippen LogP contribution in [0.4, 0.5) is 5.69 Å². The van der Waals surface area contributed by atoms with Crippen molar-refractivity contribution in [2.45, 2.75) is 4.90 Å². The number of hydrogen-bond donors (Lipinski definition) is 2. The zero-order valence-electron chi connectivity index (χ0n) is 9.47. The molecule has 0 spiro atoms. The van der Waals surface area contributed by atoms with Gasteiger partial charge in [0.25, 0.3) is 10.0 Å². The fourth-order valence-electron chi connectivity index (χ4n) is 1.43. The van der Waals surface area contributed by atoms with Crippen molar-refractivity contribution in [3.05, 3.63) is 52.0 Å². The van der Waals surface area contributed by atoms with Gasteiger partial charge >= 0.3 is 0 Å². The van der Waals surface area contributed by atoms with E-state index in [-0.39, 0.29) is 15.7 Å². The highest BCUT2D eigenvalue weighted by atomic mass is 79.9. The molecule has 100 valence electrons. The molecule has 2 N–H and O–H groups in total. The number of phenols is 1. The highest BCUT2D eigenvalue weighted by Crippen LogP contribution is 2.27. The Hall–Kier alpha value is -1.24. The van der Waals surface area contributed by atoms with Gasteiger partial charge in [0.05, 0.1) is 5.02 Å². The molecule has 19 heavy (non-hydrogen) atoms. The zero-order chi connectivity index (χ0) is 14.0. The second-order valence-corrected chi connectivity index (χ2v) is 6.70. The van der Waals surface area contributed by atoms with Crippen molar-refractivity contribution in [1.29, 1.82) is 0 Å². The molecule has 0 bridgehead atoms. The summed E-state index contributed by atoms with van der Waals surface area (Å²) >= 11 is 9.13. The summed E-state index contributed by atoms with van der Waals surface area (Å²) in [6.07, 6.45) is 0. The van der Waals surface area contributed by atoms with Crippen LogP contribution in [0.25, 0.3) is 0 Å². The van der Waals surface area contributed by atoms with Crippen molar-refractivity contribution in [2.75, 3.05) is 4.72 Å². The van der Waals surface area contributed by atoms with Gasteiger partial charge in [0.2, 0.25) is 0 Å². The van der Waals surface area contributed by atoms with Gasteiger partial charge in [0, 0.05) is 10.2 Å². The Labute approximate surface area is 124 Å². The lowest BCUT2D eigenvalue weighted by molar-refractivity contribution is 0.475. The van der Waals surface area contributed by atoms with Crippen LogP contribution in [-0.2, 0) is 10.0 Å². The summed E-state index contributed by atoms with van der Waals surface area (Å²) in [4.78, 5) is -0.00885. The highest BCUT2D eigenvalue weighted by Gasteiger charge is 2.18. The number of rotatable bonds is 3. The fourth-order valence-corrected chi connectivity index (χ4v) is 3.53. The Morgan fingerprint density at radius 2 is 1.74 bits per heavy atom. The van der Waals surface area contributed by atoms with Gasteiger partial charge < -0.3 is 5.11 Å². The molecule has 0 aliphatic carbocycles. The van der Waals surface area contributed by atoms with Crippen molar-refractivity contribution in [2.24, 2.45) is 0 Å². The molecule has 2 rings (SSSR count). The third-order valence-corrected chi connectivity index (χ3v) is 4.66. The van der Waals surface area contributed by atoms with Crippen LogP contribution in [0.5, 0.6) is 5.75 Å². The maximum atomic E-state index is 12.1. The van der Waals surface area contributed by atoms with Gasteiger partial charge in [-0.15, -0.1) is 0 Å². The first-order valence-corrected chi connectivity index (χ1v) is 7.81. The van der Waals surface area contributed by atoms with Gasteiger partial charge in [0.1, 0.15) is 10.6 Å². The maximum Gasteiger partial charge on any atom is 0.263 e. The van der Waals surface area contributed by atoms with Gasteiger partial charge in [0.15, 0.2) is 0 Å². The average Bonchev–Trinajstić information content (AvgIpc) is 2.31. The largest absolute Gasteiger partial charge is 0.508 e. The van der Waals surface area contributed by atoms with Crippen LogP contribution in [0.15, 0.2) is 51.8 Å². The molecule has 0 heterocycles. The molecular weight excluding hydrogens is 354 g/mol. The van der Waals surface area contributed by atoms with Crippen LogP contribution in [0.3, 0.4) is 0 Å². The Morgan fingerprint density at radius 3 is 2.32 bits per heavy atom. The summed E-state index contributed by atoms with van der Waals surface area (Å²) in [5.41, 5.74) is 0.344. The van der Waals surface area contributed by atoms with Crippen LogP contribution in [-0.4, -0.2) is 13.5 Å². The third kappa shape index (κ3) is 3.40. The van der Waals surface area contributed by atoms with Crippen LogP contribution >= 0.6 is 27.5 Å². The molecule has 0 aliphatic rings. The van der Waals surface area contributed by atoms with Crippen LogP contribution in [0.2, 0.25) is 5.02 Å². The summed E-state index contributed by atoms with van der Waals surface area (Å²) in [7, 11) is -3.76. The zero-order valence-corrected chi connectivity index (χ0v) is 12.6. The predicted molar refractivity (Wildman–Crippen MR) is 78.1 cm³/mol. The number of hydrogen-bond acceptors (Lipinski definition) is 3. The quantitative estimate of drug-likeness (QED) is 0.820. The maximum absolute atomic E-state index is 12.1. The third-order valence-electron chi connectivity index (χ3n) is 2.30. The van der Waals surface area contributed by atoms with Crippen molar-refractivity contribution in [1.82, 2.24) is 0 Å². The molecule has 4 nitrogen and oxygen atoms in total. The SMILES string of the molecule is O=S(=O)(Nc1ccc(O)cc1)c1ccc(Br)cc1Cl. The first-order valence-electron chi connectivity index (χ1n) is 5.15. The highest BCUT2D eigenvalue weighted by molar-refractivity contribution is 9.10. The van der Waals surface area contributed by atoms with Crippen LogP contribution in [0, 0.1) is 0 Å². The van der Waals surface area contributed by atoms with E-state index in [4.69, 9.17) is 16.7 Å². The molecule has 7 heteroatoms. The standard InChI is InChI=1S/C12H9BrClNO3S/c13-8-1-6-12(11(14)7-8)19(17,18)15-9-2-4-10(16)5-3-9/h1-7,15-16H. The van der Waals surface area contributed by atoms with Crippen molar-refractivity contribution >= 4 is 43.2 Å². The first-order chi connectivity index (χ1) is 8.88. The van der Waals surface area contributed by atoms with E-state index in [9.17, 15) is 8.42 Å². The monoisotopic (exact) mass is 361 g/mol. The number of anilines is 1. The van der Waals surface area contributed by atoms with Crippen molar-refractivity contribution < 1.29 is 13.5 Å². The van der Waals surface area contributed by atoms with Gasteiger partial charge in [-0.1, -0.05) is 27.5 Å². The van der Waals surface area contributed by atoms with Crippen molar-refractivity contribution in [3.63, 3.8) is 0 Å². The molecule has 0 aromatic heterocycles. The van der Waals surface area contributed by atoms with Crippen LogP contribution in [0.1, 0.15) is 0 Å².